The van der Waals surface area contributed by atoms with Crippen molar-refractivity contribution in [3.8, 4) is 0 Å². The van der Waals surface area contributed by atoms with Gasteiger partial charge >= 0.3 is 17.1 Å². The average Bonchev–Trinajstić information content (AvgIpc) is 3.72. The fraction of sp³-hybridized carbons (Fsp3) is 0.471. The van der Waals surface area contributed by atoms with E-state index in [0.717, 1.165) is 23.7 Å². The van der Waals surface area contributed by atoms with Crippen molar-refractivity contribution in [1.82, 2.24) is 9.97 Å². The van der Waals surface area contributed by atoms with E-state index in [-0.39, 0.29) is 27.6 Å². The molecule has 2 nitrogen and oxygen atoms in total. The molecule has 0 radical (unpaired) electrons. The zero-order valence-electron chi connectivity index (χ0n) is 23.6. The number of rotatable bonds is 5. The molecule has 4 aromatic rings. The minimum atomic E-state index is -0.305. The molecule has 8 rings (SSSR count). The maximum atomic E-state index is 3.59. The van der Waals surface area contributed by atoms with Crippen molar-refractivity contribution >= 4 is 18.5 Å². The van der Waals surface area contributed by atoms with Crippen LogP contribution in [-0.2, 0) is 33.1 Å². The van der Waals surface area contributed by atoms with E-state index in [1.807, 2.05) is 30.3 Å². The number of H-pyrrole nitrogens is 2. The molecule has 4 aliphatic carbocycles. The molecule has 208 valence electrons. The van der Waals surface area contributed by atoms with Crippen LogP contribution in [0.3, 0.4) is 0 Å². The smallest absolute Gasteiger partial charge is 0.364 e. The topological polar surface area (TPSA) is 31.6 Å². The quantitative estimate of drug-likeness (QED) is 0.131. The molecule has 2 heterocycles. The molecule has 5 heteroatoms. The second-order valence-electron chi connectivity index (χ2n) is 13.4. The summed E-state index contributed by atoms with van der Waals surface area (Å²) >= 11 is 0. The standard InChI is InChI=1S/C29H39N2P2.C5H5.Fe/c1-27(2,3)21-13-22(28-15-18-10-19(16-28)12-20(11-18)24(28)17-32)23(14-21)29(33,25-6-4-8-30-25)26-7-5-9-31-26;1-2-4-5-3-1;/h4-9,13-14,18-20,24,30-31H,10-12,15-17,32-33H2,1-3H3;1-5H;/q2*-1;+2. The Bertz CT molecular complexity index is 1240. The van der Waals surface area contributed by atoms with Gasteiger partial charge in [0.15, 0.2) is 0 Å². The molecule has 0 amide bonds. The molecule has 5 atom stereocenters. The van der Waals surface area contributed by atoms with Gasteiger partial charge in [0.25, 0.3) is 0 Å². The number of nitrogens with one attached hydrogen (secondary N) is 2. The largest absolute Gasteiger partial charge is 2.00 e. The van der Waals surface area contributed by atoms with Crippen LogP contribution in [0.4, 0.5) is 0 Å². The van der Waals surface area contributed by atoms with Gasteiger partial charge in [-0.15, -0.1) is 24.0 Å². The normalized spacial score (nSPS) is 27.6. The first-order chi connectivity index (χ1) is 18.3. The second-order valence-corrected chi connectivity index (χ2v) is 14.7. The Morgan fingerprint density at radius 2 is 1.51 bits per heavy atom. The van der Waals surface area contributed by atoms with Crippen LogP contribution in [0.2, 0.25) is 0 Å². The van der Waals surface area contributed by atoms with Crippen molar-refractivity contribution in [1.29, 1.82) is 0 Å². The molecule has 0 saturated heterocycles. The predicted octanol–water partition coefficient (Wildman–Crippen LogP) is 8.50. The second kappa shape index (κ2) is 11.1. The summed E-state index contributed by atoms with van der Waals surface area (Å²) < 4.78 is 0. The van der Waals surface area contributed by atoms with Gasteiger partial charge in [-0.05, 0) is 78.8 Å². The fourth-order valence-corrected chi connectivity index (χ4v) is 10.0. The van der Waals surface area contributed by atoms with E-state index in [9.17, 15) is 0 Å². The van der Waals surface area contributed by atoms with Crippen LogP contribution in [0.15, 0.2) is 79.1 Å². The third-order valence-electron chi connectivity index (χ3n) is 10.1. The van der Waals surface area contributed by atoms with Crippen LogP contribution in [0.25, 0.3) is 0 Å². The minimum absolute atomic E-state index is 0. The van der Waals surface area contributed by atoms with Gasteiger partial charge < -0.3 is 9.97 Å². The van der Waals surface area contributed by atoms with Crippen molar-refractivity contribution in [3.05, 3.63) is 107 Å². The van der Waals surface area contributed by atoms with Crippen molar-refractivity contribution < 1.29 is 17.1 Å². The van der Waals surface area contributed by atoms with Gasteiger partial charge in [-0.1, -0.05) is 39.0 Å². The molecule has 2 N–H and O–H groups in total. The van der Waals surface area contributed by atoms with Gasteiger partial charge in [-0.3, -0.25) is 0 Å². The molecule has 4 fully saturated rings. The molecule has 4 aliphatic rings. The van der Waals surface area contributed by atoms with E-state index in [1.54, 1.807) is 5.56 Å². The first kappa shape index (κ1) is 29.1. The Labute approximate surface area is 250 Å². The maximum absolute atomic E-state index is 3.59. The van der Waals surface area contributed by atoms with Crippen LogP contribution in [0.1, 0.15) is 81.0 Å². The monoisotopic (exact) mass is 598 g/mol. The fourth-order valence-electron chi connectivity index (χ4n) is 8.57. The third-order valence-corrected chi connectivity index (χ3v) is 11.5. The number of hydrogen-bond donors (Lipinski definition) is 2. The van der Waals surface area contributed by atoms with E-state index in [1.165, 1.54) is 60.8 Å². The van der Waals surface area contributed by atoms with Gasteiger partial charge in [-0.25, -0.2) is 18.2 Å². The molecule has 2 aromatic heterocycles. The van der Waals surface area contributed by atoms with Gasteiger partial charge in [0, 0.05) is 23.8 Å². The van der Waals surface area contributed by atoms with Crippen molar-refractivity contribution in [2.24, 2.45) is 23.7 Å². The number of aromatic nitrogens is 2. The van der Waals surface area contributed by atoms with Crippen molar-refractivity contribution in [2.75, 3.05) is 6.16 Å². The molecule has 2 aromatic carbocycles. The Morgan fingerprint density at radius 3 is 1.95 bits per heavy atom. The summed E-state index contributed by atoms with van der Waals surface area (Å²) in [6, 6.07) is 24.0. The Hall–Kier alpha value is -1.36. The Kier molecular flexibility index (Phi) is 8.32. The summed E-state index contributed by atoms with van der Waals surface area (Å²) in [5, 5.41) is -0.305. The van der Waals surface area contributed by atoms with Gasteiger partial charge in [-0.2, -0.15) is 35.4 Å². The summed E-state index contributed by atoms with van der Waals surface area (Å²) in [6.45, 7) is 7.11. The van der Waals surface area contributed by atoms with Gasteiger partial charge in [0.2, 0.25) is 0 Å². The van der Waals surface area contributed by atoms with Gasteiger partial charge in [0.05, 0.1) is 5.16 Å². The molecule has 39 heavy (non-hydrogen) atoms. The summed E-state index contributed by atoms with van der Waals surface area (Å²) in [7, 11) is 6.44. The molecule has 0 spiro atoms. The molecule has 4 saturated carbocycles. The van der Waals surface area contributed by atoms with E-state index >= 15 is 0 Å². The van der Waals surface area contributed by atoms with E-state index in [0.29, 0.717) is 5.41 Å². The van der Waals surface area contributed by atoms with Crippen molar-refractivity contribution in [2.45, 2.75) is 68.9 Å². The summed E-state index contributed by atoms with van der Waals surface area (Å²) in [5.74, 6) is 3.53. The molecule has 4 bridgehead atoms. The predicted molar refractivity (Wildman–Crippen MR) is 167 cm³/mol. The number of hydrogen-bond acceptors (Lipinski definition) is 0. The van der Waals surface area contributed by atoms with Crippen molar-refractivity contribution in [3.63, 3.8) is 0 Å². The third kappa shape index (κ3) is 5.01. The first-order valence-corrected chi connectivity index (χ1v) is 15.9. The van der Waals surface area contributed by atoms with Crippen LogP contribution < -0.4 is 0 Å². The zero-order valence-corrected chi connectivity index (χ0v) is 27.0. The summed E-state index contributed by atoms with van der Waals surface area (Å²) in [6.07, 6.45) is 12.6. The molecule has 5 unspecified atom stereocenters. The van der Waals surface area contributed by atoms with Crippen LogP contribution in [0.5, 0.6) is 0 Å². The van der Waals surface area contributed by atoms with E-state index < -0.39 is 0 Å². The SMILES string of the molecule is CC(C)(C)c1cc(C23CC4CC(CC(C4)C2CP)C3)c(C(P)(c2ccc[nH]2)c2ccc[nH]2)[cH-]1.[Fe+2].c1cc[cH-]c1. The van der Waals surface area contributed by atoms with Crippen LogP contribution in [0, 0.1) is 23.7 Å². The molecular weight excluding hydrogens is 554 g/mol. The average molecular weight is 599 g/mol. The Balaban J connectivity index is 0.000000464. The number of aromatic amines is 2. The summed E-state index contributed by atoms with van der Waals surface area (Å²) in [4.78, 5) is 7.19. The van der Waals surface area contributed by atoms with E-state index in [2.05, 4.69) is 98.0 Å². The minimum Gasteiger partial charge on any atom is -0.364 e. The van der Waals surface area contributed by atoms with E-state index in [4.69, 9.17) is 0 Å². The van der Waals surface area contributed by atoms with Crippen LogP contribution >= 0.6 is 18.5 Å². The molecule has 0 aliphatic heterocycles. The van der Waals surface area contributed by atoms with Gasteiger partial charge in [0.1, 0.15) is 0 Å². The summed E-state index contributed by atoms with van der Waals surface area (Å²) in [5.41, 5.74) is 7.56. The first-order valence-electron chi connectivity index (χ1n) is 14.5. The maximum Gasteiger partial charge on any atom is 2.00 e. The Morgan fingerprint density at radius 1 is 0.923 bits per heavy atom. The molecular formula is C34H44FeN2P2. The van der Waals surface area contributed by atoms with Crippen LogP contribution in [-0.4, -0.2) is 16.1 Å². The zero-order chi connectivity index (χ0) is 26.5.